The summed E-state index contributed by atoms with van der Waals surface area (Å²) in [5, 5.41) is 6.71. The maximum Gasteiger partial charge on any atom is 0.237 e. The van der Waals surface area contributed by atoms with Crippen molar-refractivity contribution in [3.63, 3.8) is 0 Å². The molecule has 0 radical (unpaired) electrons. The second-order valence-electron chi connectivity index (χ2n) is 7.76. The second kappa shape index (κ2) is 9.71. The van der Waals surface area contributed by atoms with Gasteiger partial charge < -0.3 is 15.4 Å². The topological polar surface area (TPSA) is 53.6 Å². The number of methoxy groups -OCH3 is 1. The van der Waals surface area contributed by atoms with Crippen molar-refractivity contribution >= 4 is 5.91 Å². The Hall–Kier alpha value is -2.37. The molecule has 150 valence electrons. The fourth-order valence-electron chi connectivity index (χ4n) is 3.74. The summed E-state index contributed by atoms with van der Waals surface area (Å²) in [4.78, 5) is 15.1. The maximum absolute atomic E-state index is 12.8. The molecular weight excluding hydrogens is 350 g/mol. The molecule has 0 saturated carbocycles. The molecule has 3 rings (SSSR count). The molecule has 0 bridgehead atoms. The summed E-state index contributed by atoms with van der Waals surface area (Å²) >= 11 is 0. The van der Waals surface area contributed by atoms with Crippen LogP contribution in [0.5, 0.6) is 5.75 Å². The van der Waals surface area contributed by atoms with E-state index < -0.39 is 0 Å². The molecule has 1 aliphatic heterocycles. The van der Waals surface area contributed by atoms with Crippen molar-refractivity contribution < 1.29 is 9.53 Å². The zero-order valence-electron chi connectivity index (χ0n) is 17.0. The largest absolute Gasteiger partial charge is 0.497 e. The van der Waals surface area contributed by atoms with Gasteiger partial charge in [0.2, 0.25) is 5.91 Å². The van der Waals surface area contributed by atoms with Crippen LogP contribution in [0.2, 0.25) is 0 Å². The van der Waals surface area contributed by atoms with E-state index >= 15 is 0 Å². The molecule has 1 aliphatic rings. The van der Waals surface area contributed by atoms with E-state index in [2.05, 4.69) is 33.7 Å². The number of carbonyl (C=O) groups excluding carboxylic acids is 1. The van der Waals surface area contributed by atoms with E-state index in [1.807, 2.05) is 50.2 Å². The normalized spacial score (nSPS) is 19.7. The van der Waals surface area contributed by atoms with Crippen molar-refractivity contribution in [2.24, 2.45) is 0 Å². The average molecular weight is 382 g/mol. The van der Waals surface area contributed by atoms with Crippen molar-refractivity contribution in [1.82, 2.24) is 15.5 Å². The van der Waals surface area contributed by atoms with Crippen LogP contribution in [0.4, 0.5) is 0 Å². The molecular formula is C23H31N3O2. The Balaban J connectivity index is 1.65. The predicted octanol–water partition coefficient (Wildman–Crippen LogP) is 2.95. The first-order valence-corrected chi connectivity index (χ1v) is 10.00. The molecule has 5 heteroatoms. The minimum atomic E-state index is -0.106. The van der Waals surface area contributed by atoms with Gasteiger partial charge in [-0.3, -0.25) is 9.69 Å². The monoisotopic (exact) mass is 381 g/mol. The highest BCUT2D eigenvalue weighted by molar-refractivity contribution is 5.82. The summed E-state index contributed by atoms with van der Waals surface area (Å²) in [6.07, 6.45) is 0.815. The van der Waals surface area contributed by atoms with Gasteiger partial charge in [0.15, 0.2) is 0 Å². The highest BCUT2D eigenvalue weighted by atomic mass is 16.5. The minimum absolute atomic E-state index is 0.106. The highest BCUT2D eigenvalue weighted by Crippen LogP contribution is 2.22. The molecule has 2 N–H and O–H groups in total. The van der Waals surface area contributed by atoms with Crippen LogP contribution >= 0.6 is 0 Å². The molecule has 1 saturated heterocycles. The number of hydrogen-bond acceptors (Lipinski definition) is 4. The smallest absolute Gasteiger partial charge is 0.237 e. The SMILES string of the molecule is COc1cccc(CN[C@@H]2C[C@@H](C(=O)NC(C)C)N(Cc3ccccc3)C2)c1. The fourth-order valence-corrected chi connectivity index (χ4v) is 3.74. The van der Waals surface area contributed by atoms with Crippen LogP contribution in [-0.4, -0.2) is 42.6 Å². The van der Waals surface area contributed by atoms with Crippen LogP contribution in [-0.2, 0) is 17.9 Å². The van der Waals surface area contributed by atoms with Crippen molar-refractivity contribution in [3.8, 4) is 5.75 Å². The lowest BCUT2D eigenvalue weighted by atomic mass is 10.1. The van der Waals surface area contributed by atoms with Crippen LogP contribution in [0.3, 0.4) is 0 Å². The highest BCUT2D eigenvalue weighted by Gasteiger charge is 2.36. The Morgan fingerprint density at radius 1 is 1.14 bits per heavy atom. The number of amides is 1. The third kappa shape index (κ3) is 5.57. The molecule has 1 fully saturated rings. The van der Waals surface area contributed by atoms with Crippen molar-refractivity contribution in [3.05, 3.63) is 65.7 Å². The fraction of sp³-hybridized carbons (Fsp3) is 0.435. The van der Waals surface area contributed by atoms with E-state index in [1.165, 1.54) is 11.1 Å². The summed E-state index contributed by atoms with van der Waals surface area (Å²) in [5.41, 5.74) is 2.42. The summed E-state index contributed by atoms with van der Waals surface area (Å²) in [5.74, 6) is 0.988. The standard InChI is InChI=1S/C23H31N3O2/c1-17(2)25-23(27)22-13-20(16-26(22)15-18-8-5-4-6-9-18)24-14-19-10-7-11-21(12-19)28-3/h4-12,17,20,22,24H,13-16H2,1-3H3,(H,25,27)/t20-,22+/m1/s1. The minimum Gasteiger partial charge on any atom is -0.497 e. The van der Waals surface area contributed by atoms with Gasteiger partial charge >= 0.3 is 0 Å². The average Bonchev–Trinajstić information content (AvgIpc) is 3.09. The Bertz CT molecular complexity index is 763. The lowest BCUT2D eigenvalue weighted by molar-refractivity contribution is -0.126. The first kappa shape index (κ1) is 20.4. The van der Waals surface area contributed by atoms with Gasteiger partial charge in [-0.15, -0.1) is 0 Å². The Kier molecular flexibility index (Phi) is 7.06. The molecule has 5 nitrogen and oxygen atoms in total. The molecule has 2 atom stereocenters. The number of benzene rings is 2. The Labute approximate surface area is 168 Å². The van der Waals surface area contributed by atoms with Crippen LogP contribution in [0, 0.1) is 0 Å². The van der Waals surface area contributed by atoms with Gasteiger partial charge in [0.1, 0.15) is 5.75 Å². The van der Waals surface area contributed by atoms with Crippen molar-refractivity contribution in [2.75, 3.05) is 13.7 Å². The second-order valence-corrected chi connectivity index (χ2v) is 7.76. The summed E-state index contributed by atoms with van der Waals surface area (Å²) < 4.78 is 5.31. The van der Waals surface area contributed by atoms with Crippen LogP contribution in [0.15, 0.2) is 54.6 Å². The number of likely N-dealkylation sites (tertiary alicyclic amines) is 1. The number of hydrogen-bond donors (Lipinski definition) is 2. The Morgan fingerprint density at radius 3 is 2.61 bits per heavy atom. The lowest BCUT2D eigenvalue weighted by Gasteiger charge is -2.24. The molecule has 1 heterocycles. The molecule has 0 unspecified atom stereocenters. The zero-order valence-corrected chi connectivity index (χ0v) is 17.0. The van der Waals surface area contributed by atoms with E-state index in [4.69, 9.17) is 4.74 Å². The van der Waals surface area contributed by atoms with Gasteiger partial charge in [0.05, 0.1) is 13.2 Å². The van der Waals surface area contributed by atoms with E-state index in [1.54, 1.807) is 7.11 Å². The summed E-state index contributed by atoms with van der Waals surface area (Å²) in [6, 6.07) is 18.8. The third-order valence-corrected chi connectivity index (χ3v) is 5.09. The van der Waals surface area contributed by atoms with E-state index in [0.29, 0.717) is 0 Å². The first-order valence-electron chi connectivity index (χ1n) is 10.00. The van der Waals surface area contributed by atoms with Gasteiger partial charge in [-0.2, -0.15) is 0 Å². The molecule has 1 amide bonds. The van der Waals surface area contributed by atoms with E-state index in [0.717, 1.165) is 31.8 Å². The quantitative estimate of drug-likeness (QED) is 0.738. The van der Waals surface area contributed by atoms with Crippen molar-refractivity contribution in [1.29, 1.82) is 0 Å². The number of nitrogens with one attached hydrogen (secondary N) is 2. The molecule has 2 aromatic carbocycles. The number of carbonyl (C=O) groups is 1. The van der Waals surface area contributed by atoms with Crippen LogP contribution in [0.1, 0.15) is 31.4 Å². The molecule has 28 heavy (non-hydrogen) atoms. The number of nitrogens with zero attached hydrogens (tertiary/aromatic N) is 1. The van der Waals surface area contributed by atoms with Gasteiger partial charge in [0.25, 0.3) is 0 Å². The molecule has 0 spiro atoms. The van der Waals surface area contributed by atoms with E-state index in [-0.39, 0.29) is 24.0 Å². The first-order chi connectivity index (χ1) is 13.5. The lowest BCUT2D eigenvalue weighted by Crippen LogP contribution is -2.45. The van der Waals surface area contributed by atoms with E-state index in [9.17, 15) is 4.79 Å². The zero-order chi connectivity index (χ0) is 19.9. The number of rotatable bonds is 8. The summed E-state index contributed by atoms with van der Waals surface area (Å²) in [6.45, 7) is 6.42. The van der Waals surface area contributed by atoms with Crippen molar-refractivity contribution in [2.45, 2.75) is 51.5 Å². The van der Waals surface area contributed by atoms with Crippen LogP contribution in [0.25, 0.3) is 0 Å². The van der Waals surface area contributed by atoms with Gasteiger partial charge in [-0.05, 0) is 43.5 Å². The molecule has 0 aromatic heterocycles. The molecule has 0 aliphatic carbocycles. The molecule has 2 aromatic rings. The summed E-state index contributed by atoms with van der Waals surface area (Å²) in [7, 11) is 1.68. The Morgan fingerprint density at radius 2 is 1.89 bits per heavy atom. The predicted molar refractivity (Wildman–Crippen MR) is 112 cm³/mol. The third-order valence-electron chi connectivity index (χ3n) is 5.09. The van der Waals surface area contributed by atoms with Gasteiger partial charge in [0, 0.05) is 31.7 Å². The maximum atomic E-state index is 12.8. The number of ether oxygens (including phenoxy) is 1. The van der Waals surface area contributed by atoms with Crippen LogP contribution < -0.4 is 15.4 Å². The van der Waals surface area contributed by atoms with Gasteiger partial charge in [-0.25, -0.2) is 0 Å². The van der Waals surface area contributed by atoms with Gasteiger partial charge in [-0.1, -0.05) is 42.5 Å².